The highest BCUT2D eigenvalue weighted by Gasteiger charge is 2.68. The first-order valence-electron chi connectivity index (χ1n) is 6.88. The van der Waals surface area contributed by atoms with Crippen LogP contribution in [0.3, 0.4) is 0 Å². The first-order chi connectivity index (χ1) is 7.34. The van der Waals surface area contributed by atoms with Crippen molar-refractivity contribution in [3.63, 3.8) is 0 Å². The molecule has 90 valence electrons. The Bertz CT molecular complexity index is 356. The maximum Gasteiger partial charge on any atom is 0.139 e. The molecule has 4 aliphatic rings. The highest BCUT2D eigenvalue weighted by atomic mass is 16.1. The lowest BCUT2D eigenvalue weighted by Gasteiger charge is -2.64. The van der Waals surface area contributed by atoms with Crippen molar-refractivity contribution in [2.24, 2.45) is 28.1 Å². The fourth-order valence-corrected chi connectivity index (χ4v) is 5.40. The minimum Gasteiger partial charge on any atom is -0.299 e. The van der Waals surface area contributed by atoms with Crippen molar-refractivity contribution < 1.29 is 4.79 Å². The van der Waals surface area contributed by atoms with Crippen molar-refractivity contribution in [1.82, 2.24) is 0 Å². The predicted molar refractivity (Wildman–Crippen MR) is 65.1 cm³/mol. The minimum atomic E-state index is -0.0243. The van der Waals surface area contributed by atoms with E-state index in [1.54, 1.807) is 0 Å². The molecule has 0 aromatic heterocycles. The van der Waals surface area contributed by atoms with Crippen LogP contribution >= 0.6 is 0 Å². The van der Waals surface area contributed by atoms with Crippen LogP contribution in [0.15, 0.2) is 0 Å². The number of Topliss-reactive ketones (excluding diaryl/α,β-unsaturated/α-hetero) is 1. The summed E-state index contributed by atoms with van der Waals surface area (Å²) in [6, 6.07) is 0. The van der Waals surface area contributed by atoms with Gasteiger partial charge in [0.15, 0.2) is 0 Å². The Labute approximate surface area is 99.0 Å². The van der Waals surface area contributed by atoms with E-state index in [1.807, 2.05) is 0 Å². The summed E-state index contributed by atoms with van der Waals surface area (Å²) in [5.74, 6) is 2.13. The maximum absolute atomic E-state index is 12.5. The second-order valence-corrected chi connectivity index (χ2v) is 7.42. The van der Waals surface area contributed by atoms with E-state index in [9.17, 15) is 4.79 Å². The van der Waals surface area contributed by atoms with E-state index in [1.165, 1.54) is 19.3 Å². The average Bonchev–Trinajstić information content (AvgIpc) is 2.51. The molecular weight excluding hydrogens is 196 g/mol. The van der Waals surface area contributed by atoms with Crippen molar-refractivity contribution in [3.05, 3.63) is 0 Å². The second kappa shape index (κ2) is 2.73. The number of carbonyl (C=O) groups is 1. The van der Waals surface area contributed by atoms with Gasteiger partial charge < -0.3 is 0 Å². The maximum atomic E-state index is 12.5. The molecule has 4 rings (SSSR count). The molecule has 16 heavy (non-hydrogen) atoms. The van der Waals surface area contributed by atoms with Gasteiger partial charge in [0.2, 0.25) is 0 Å². The van der Waals surface area contributed by atoms with E-state index in [0.29, 0.717) is 11.2 Å². The molecule has 0 radical (unpaired) electrons. The molecule has 4 atom stereocenters. The quantitative estimate of drug-likeness (QED) is 0.606. The van der Waals surface area contributed by atoms with Gasteiger partial charge in [-0.2, -0.15) is 0 Å². The topological polar surface area (TPSA) is 17.1 Å². The van der Waals surface area contributed by atoms with Gasteiger partial charge in [0.25, 0.3) is 0 Å². The fraction of sp³-hybridized carbons (Fsp3) is 0.933. The number of carbonyl (C=O) groups excluding carboxylic acids is 1. The first-order valence-corrected chi connectivity index (χ1v) is 6.88. The second-order valence-electron chi connectivity index (χ2n) is 7.42. The molecule has 0 aromatic rings. The zero-order chi connectivity index (χ0) is 11.8. The summed E-state index contributed by atoms with van der Waals surface area (Å²) in [4.78, 5) is 12.5. The zero-order valence-electron chi connectivity index (χ0n) is 11.1. The highest BCUT2D eigenvalue weighted by molar-refractivity contribution is 5.88. The zero-order valence-corrected chi connectivity index (χ0v) is 11.1. The largest absolute Gasteiger partial charge is 0.299 e. The molecule has 4 aliphatic carbocycles. The average molecular weight is 220 g/mol. The fourth-order valence-electron chi connectivity index (χ4n) is 5.40. The van der Waals surface area contributed by atoms with Crippen LogP contribution in [-0.2, 0) is 4.79 Å². The molecule has 1 unspecified atom stereocenters. The van der Waals surface area contributed by atoms with Crippen LogP contribution in [0.4, 0.5) is 0 Å². The number of rotatable bonds is 0. The molecule has 4 fully saturated rings. The highest BCUT2D eigenvalue weighted by Crippen LogP contribution is 2.72. The number of hydrogen-bond acceptors (Lipinski definition) is 1. The van der Waals surface area contributed by atoms with Gasteiger partial charge in [-0.1, -0.05) is 27.7 Å². The van der Waals surface area contributed by atoms with Gasteiger partial charge in [0.1, 0.15) is 5.78 Å². The van der Waals surface area contributed by atoms with Gasteiger partial charge in [0.05, 0.1) is 0 Å². The molecule has 0 heterocycles. The predicted octanol–water partition coefficient (Wildman–Crippen LogP) is 3.82. The molecule has 2 bridgehead atoms. The summed E-state index contributed by atoms with van der Waals surface area (Å²) in [6.07, 6.45) is 6.04. The van der Waals surface area contributed by atoms with E-state index < -0.39 is 0 Å². The van der Waals surface area contributed by atoms with Crippen LogP contribution in [0, 0.1) is 28.1 Å². The van der Waals surface area contributed by atoms with Crippen LogP contribution < -0.4 is 0 Å². The molecule has 0 aromatic carbocycles. The summed E-state index contributed by atoms with van der Waals surface area (Å²) >= 11 is 0. The summed E-state index contributed by atoms with van der Waals surface area (Å²) < 4.78 is 0. The molecule has 0 saturated heterocycles. The van der Waals surface area contributed by atoms with Crippen LogP contribution in [-0.4, -0.2) is 5.78 Å². The molecule has 1 spiro atoms. The van der Waals surface area contributed by atoms with E-state index in [2.05, 4.69) is 27.7 Å². The molecule has 1 nitrogen and oxygen atoms in total. The summed E-state index contributed by atoms with van der Waals surface area (Å²) in [6.45, 7) is 9.35. The molecule has 0 aliphatic heterocycles. The van der Waals surface area contributed by atoms with Crippen molar-refractivity contribution in [3.8, 4) is 0 Å². The Morgan fingerprint density at radius 1 is 1.12 bits per heavy atom. The van der Waals surface area contributed by atoms with Gasteiger partial charge in [-0.15, -0.1) is 0 Å². The number of hydrogen-bond donors (Lipinski definition) is 0. The smallest absolute Gasteiger partial charge is 0.139 e. The molecule has 0 amide bonds. The Kier molecular flexibility index (Phi) is 1.85. The first kappa shape index (κ1) is 10.8. The lowest BCUT2D eigenvalue weighted by Crippen LogP contribution is -2.62. The lowest BCUT2D eigenvalue weighted by molar-refractivity contribution is -0.179. The number of ketones is 1. The van der Waals surface area contributed by atoms with E-state index in [-0.39, 0.29) is 10.8 Å². The third-order valence-electron chi connectivity index (χ3n) is 7.05. The molecular formula is C15H24O. The van der Waals surface area contributed by atoms with Gasteiger partial charge in [-0.05, 0) is 48.3 Å². The van der Waals surface area contributed by atoms with Crippen molar-refractivity contribution in [1.29, 1.82) is 0 Å². The Morgan fingerprint density at radius 3 is 2.44 bits per heavy atom. The van der Waals surface area contributed by atoms with Gasteiger partial charge in [0, 0.05) is 11.8 Å². The van der Waals surface area contributed by atoms with E-state index in [0.717, 1.165) is 24.7 Å². The molecule has 4 saturated carbocycles. The van der Waals surface area contributed by atoms with E-state index >= 15 is 0 Å². The Balaban J connectivity index is 2.15. The van der Waals surface area contributed by atoms with E-state index in [4.69, 9.17) is 0 Å². The van der Waals surface area contributed by atoms with Gasteiger partial charge in [-0.3, -0.25) is 4.79 Å². The Hall–Kier alpha value is -0.330. The normalized spacial score (nSPS) is 54.1. The van der Waals surface area contributed by atoms with Crippen molar-refractivity contribution >= 4 is 5.78 Å². The third kappa shape index (κ3) is 0.889. The SMILES string of the molecule is C[C@H]1CCC2C(C)(C)[C@]3(C)CC[C@@]21CC3=O. The lowest BCUT2D eigenvalue weighted by atomic mass is 9.39. The molecule has 0 N–H and O–H groups in total. The number of fused-ring (bicyclic) bond motifs is 2. The van der Waals surface area contributed by atoms with Crippen LogP contribution in [0.5, 0.6) is 0 Å². The standard InChI is InChI=1S/C15H24O/c1-10-5-6-11-13(2,3)14(4)7-8-15(10,11)9-12(14)16/h10-11H,5-9H2,1-4H3/t10-,11?,14+,15-/m0/s1. The van der Waals surface area contributed by atoms with Crippen LogP contribution in [0.25, 0.3) is 0 Å². The van der Waals surface area contributed by atoms with Gasteiger partial charge >= 0.3 is 0 Å². The summed E-state index contributed by atoms with van der Waals surface area (Å²) in [7, 11) is 0. The van der Waals surface area contributed by atoms with Crippen LogP contribution in [0.2, 0.25) is 0 Å². The summed E-state index contributed by atoms with van der Waals surface area (Å²) in [5, 5.41) is 0. The summed E-state index contributed by atoms with van der Waals surface area (Å²) in [5.41, 5.74) is 0.590. The Morgan fingerprint density at radius 2 is 1.81 bits per heavy atom. The minimum absolute atomic E-state index is 0.0243. The molecule has 1 heteroatoms. The van der Waals surface area contributed by atoms with Gasteiger partial charge in [-0.25, -0.2) is 0 Å². The van der Waals surface area contributed by atoms with Crippen LogP contribution in [0.1, 0.15) is 59.8 Å². The monoisotopic (exact) mass is 220 g/mol. The van der Waals surface area contributed by atoms with Crippen molar-refractivity contribution in [2.75, 3.05) is 0 Å². The third-order valence-corrected chi connectivity index (χ3v) is 7.05. The van der Waals surface area contributed by atoms with Crippen molar-refractivity contribution in [2.45, 2.75) is 59.8 Å².